The van der Waals surface area contributed by atoms with Crippen LogP contribution in [0.15, 0.2) is 0 Å². The van der Waals surface area contributed by atoms with Gasteiger partial charge < -0.3 is 5.73 Å². The van der Waals surface area contributed by atoms with Crippen molar-refractivity contribution in [2.24, 2.45) is 11.1 Å². The molecule has 2 fully saturated rings. The first kappa shape index (κ1) is 19.8. The van der Waals surface area contributed by atoms with Gasteiger partial charge in [0, 0.05) is 25.7 Å². The Morgan fingerprint density at radius 1 is 1.28 bits per heavy atom. The zero-order chi connectivity index (χ0) is 18.5. The van der Waals surface area contributed by atoms with Crippen molar-refractivity contribution >= 4 is 17.7 Å². The molecule has 0 radical (unpaired) electrons. The van der Waals surface area contributed by atoms with Crippen LogP contribution in [0.1, 0.15) is 71.1 Å². The second-order valence-electron chi connectivity index (χ2n) is 7.82. The molecule has 2 rings (SSSR count). The fourth-order valence-electron chi connectivity index (χ4n) is 4.47. The Morgan fingerprint density at radius 3 is 2.52 bits per heavy atom. The van der Waals surface area contributed by atoms with Crippen molar-refractivity contribution in [3.8, 4) is 0 Å². The van der Waals surface area contributed by atoms with E-state index in [1.807, 2.05) is 0 Å². The minimum absolute atomic E-state index is 0.0123. The number of likely N-dealkylation sites (tertiary alicyclic amines) is 1. The fourth-order valence-corrected chi connectivity index (χ4v) is 4.47. The number of unbranched alkanes of at least 4 members (excludes halogenated alkanes) is 4. The lowest BCUT2D eigenvalue weighted by Gasteiger charge is -2.33. The lowest BCUT2D eigenvalue weighted by atomic mass is 9.77. The fraction of sp³-hybridized carbons (Fsp3) is 0.833. The van der Waals surface area contributed by atoms with Crippen molar-refractivity contribution in [1.82, 2.24) is 5.48 Å². The Hall–Kier alpha value is -1.47. The quantitative estimate of drug-likeness (QED) is 0.227. The molecule has 4 N–H and O–H groups in total. The molecule has 0 spiro atoms. The molecule has 1 saturated heterocycles. The lowest BCUT2D eigenvalue weighted by molar-refractivity contribution is -0.850. The molecule has 2 atom stereocenters. The Bertz CT molecular complexity index is 520. The molecule has 7 nitrogen and oxygen atoms in total. The Balaban J connectivity index is 2.15. The maximum atomic E-state index is 13.4. The summed E-state index contributed by atoms with van der Waals surface area (Å²) >= 11 is 0. The number of carbonyl (C=O) groups is 3. The van der Waals surface area contributed by atoms with Gasteiger partial charge >= 0.3 is 5.91 Å². The number of primary amides is 1. The highest BCUT2D eigenvalue weighted by Crippen LogP contribution is 2.49. The number of amides is 3. The molecule has 0 aromatic rings. The molecule has 0 bridgehead atoms. The number of quaternary nitrogens is 1. The SMILES string of the molecule is CCCCCCCC1(CC(=O)NO)CC[N+](CC(N)=O)(C2CC2)C1=O. The summed E-state index contributed by atoms with van der Waals surface area (Å²) in [5.41, 5.74) is 6.32. The normalized spacial score (nSPS) is 29.0. The van der Waals surface area contributed by atoms with Crippen molar-refractivity contribution in [3.63, 3.8) is 0 Å². The van der Waals surface area contributed by atoms with Gasteiger partial charge in [0.25, 0.3) is 5.91 Å². The molecule has 0 aromatic carbocycles. The summed E-state index contributed by atoms with van der Waals surface area (Å²) in [6.45, 7) is 2.75. The van der Waals surface area contributed by atoms with Crippen LogP contribution < -0.4 is 11.2 Å². The standard InChI is InChI=1S/C18H31N3O4/c1-2-3-4-5-6-9-18(12-16(23)20-25)10-11-21(17(18)24,13-15(19)22)14-7-8-14/h14H,2-13H2,1H3,(H3-,19,20,22,23,25)/p+1. The first-order valence-electron chi connectivity index (χ1n) is 9.53. The number of hydrogen-bond donors (Lipinski definition) is 3. The Morgan fingerprint density at radius 2 is 1.96 bits per heavy atom. The number of hydrogen-bond acceptors (Lipinski definition) is 4. The van der Waals surface area contributed by atoms with Crippen LogP contribution in [0.25, 0.3) is 0 Å². The molecule has 7 heteroatoms. The zero-order valence-corrected chi connectivity index (χ0v) is 15.3. The number of nitrogens with two attached hydrogens (primary N) is 1. The lowest BCUT2D eigenvalue weighted by Crippen LogP contribution is -2.57. The van der Waals surface area contributed by atoms with Crippen LogP contribution in [-0.2, 0) is 14.4 Å². The number of nitrogens with zero attached hydrogens (tertiary/aromatic N) is 1. The second kappa shape index (κ2) is 8.27. The maximum Gasteiger partial charge on any atom is 0.321 e. The van der Waals surface area contributed by atoms with E-state index in [-0.39, 0.29) is 29.4 Å². The van der Waals surface area contributed by atoms with Crippen molar-refractivity contribution in [2.45, 2.75) is 77.2 Å². The minimum Gasteiger partial charge on any atom is -0.365 e. The Labute approximate surface area is 149 Å². The van der Waals surface area contributed by atoms with Crippen LogP contribution in [0.2, 0.25) is 0 Å². The highest BCUT2D eigenvalue weighted by Gasteiger charge is 2.63. The molecule has 1 heterocycles. The first-order chi connectivity index (χ1) is 11.9. The summed E-state index contributed by atoms with van der Waals surface area (Å²) in [5, 5.41) is 8.94. The van der Waals surface area contributed by atoms with Crippen molar-refractivity contribution in [2.75, 3.05) is 13.1 Å². The summed E-state index contributed by atoms with van der Waals surface area (Å²) in [4.78, 5) is 36.9. The molecule has 0 aromatic heterocycles. The van der Waals surface area contributed by atoms with E-state index in [1.54, 1.807) is 5.48 Å². The zero-order valence-electron chi connectivity index (χ0n) is 15.3. The molecule has 1 aliphatic heterocycles. The van der Waals surface area contributed by atoms with Crippen molar-refractivity contribution in [1.29, 1.82) is 0 Å². The summed E-state index contributed by atoms with van der Waals surface area (Å²) in [5.74, 6) is -1.02. The van der Waals surface area contributed by atoms with Crippen LogP contribution in [0, 0.1) is 5.41 Å². The first-order valence-corrected chi connectivity index (χ1v) is 9.53. The second-order valence-corrected chi connectivity index (χ2v) is 7.82. The molecule has 3 amide bonds. The average Bonchev–Trinajstić information content (AvgIpc) is 3.38. The third-order valence-corrected chi connectivity index (χ3v) is 5.91. The largest absolute Gasteiger partial charge is 0.365 e. The van der Waals surface area contributed by atoms with Gasteiger partial charge in [-0.15, -0.1) is 0 Å². The van der Waals surface area contributed by atoms with Gasteiger partial charge in [-0.3, -0.25) is 14.8 Å². The molecule has 1 saturated carbocycles. The minimum atomic E-state index is -0.781. The van der Waals surface area contributed by atoms with E-state index in [0.29, 0.717) is 19.4 Å². The van der Waals surface area contributed by atoms with E-state index < -0.39 is 17.2 Å². The summed E-state index contributed by atoms with van der Waals surface area (Å²) in [7, 11) is 0. The van der Waals surface area contributed by atoms with Crippen molar-refractivity contribution in [3.05, 3.63) is 0 Å². The highest BCUT2D eigenvalue weighted by molar-refractivity contribution is 5.88. The smallest absolute Gasteiger partial charge is 0.321 e. The van der Waals surface area contributed by atoms with Crippen LogP contribution in [0.4, 0.5) is 0 Å². The third kappa shape index (κ3) is 4.39. The predicted octanol–water partition coefficient (Wildman–Crippen LogP) is 1.62. The summed E-state index contributed by atoms with van der Waals surface area (Å²) < 4.78 is 0.114. The van der Waals surface area contributed by atoms with Gasteiger partial charge in [-0.05, 0) is 6.42 Å². The van der Waals surface area contributed by atoms with Gasteiger partial charge in [0.05, 0.1) is 18.0 Å². The van der Waals surface area contributed by atoms with Crippen LogP contribution in [0.3, 0.4) is 0 Å². The molecule has 2 aliphatic rings. The third-order valence-electron chi connectivity index (χ3n) is 5.91. The molecule has 25 heavy (non-hydrogen) atoms. The topological polar surface area (TPSA) is 109 Å². The van der Waals surface area contributed by atoms with E-state index in [4.69, 9.17) is 10.9 Å². The van der Waals surface area contributed by atoms with Gasteiger partial charge in [0.15, 0.2) is 6.54 Å². The van der Waals surface area contributed by atoms with Gasteiger partial charge in [0.1, 0.15) is 0 Å². The average molecular weight is 354 g/mol. The predicted molar refractivity (Wildman–Crippen MR) is 92.2 cm³/mol. The number of carbonyl (C=O) groups excluding carboxylic acids is 3. The van der Waals surface area contributed by atoms with E-state index in [9.17, 15) is 14.4 Å². The molecule has 1 aliphatic carbocycles. The number of rotatable bonds is 11. The molecule has 2 unspecified atom stereocenters. The monoisotopic (exact) mass is 354 g/mol. The van der Waals surface area contributed by atoms with Gasteiger partial charge in [-0.1, -0.05) is 39.0 Å². The van der Waals surface area contributed by atoms with Crippen molar-refractivity contribution < 1.29 is 24.1 Å². The van der Waals surface area contributed by atoms with E-state index >= 15 is 0 Å². The summed E-state index contributed by atoms with van der Waals surface area (Å²) in [6, 6.07) is 0.166. The number of hydroxylamine groups is 1. The molecular weight excluding hydrogens is 322 g/mol. The molecular formula is C18H32N3O4+. The summed E-state index contributed by atoms with van der Waals surface area (Å²) in [6.07, 6.45) is 8.41. The van der Waals surface area contributed by atoms with E-state index in [2.05, 4.69) is 6.92 Å². The van der Waals surface area contributed by atoms with Crippen LogP contribution in [-0.4, -0.2) is 46.5 Å². The van der Waals surface area contributed by atoms with Gasteiger partial charge in [0.2, 0.25) is 5.91 Å². The van der Waals surface area contributed by atoms with E-state index in [1.165, 1.54) is 6.42 Å². The van der Waals surface area contributed by atoms with Gasteiger partial charge in [-0.25, -0.2) is 14.8 Å². The van der Waals surface area contributed by atoms with Gasteiger partial charge in [-0.2, -0.15) is 0 Å². The Kier molecular flexibility index (Phi) is 6.57. The highest BCUT2D eigenvalue weighted by atomic mass is 16.5. The van der Waals surface area contributed by atoms with Crippen LogP contribution >= 0.6 is 0 Å². The maximum absolute atomic E-state index is 13.4. The van der Waals surface area contributed by atoms with Crippen LogP contribution in [0.5, 0.6) is 0 Å². The van der Waals surface area contributed by atoms with E-state index in [0.717, 1.165) is 38.5 Å². The number of nitrogens with one attached hydrogen (secondary N) is 1. The molecule has 142 valence electrons.